The Labute approximate surface area is 121 Å². The van der Waals surface area contributed by atoms with Crippen molar-refractivity contribution < 1.29 is 17.6 Å². The van der Waals surface area contributed by atoms with Crippen LogP contribution in [0.4, 0.5) is 17.6 Å². The highest BCUT2D eigenvalue weighted by Gasteiger charge is 2.76. The van der Waals surface area contributed by atoms with Gasteiger partial charge in [0.2, 0.25) is 0 Å². The summed E-state index contributed by atoms with van der Waals surface area (Å²) in [6.07, 6.45) is -2.42. The largest absolute Gasteiger partial charge is 0.397 e. The van der Waals surface area contributed by atoms with Gasteiger partial charge in [0.05, 0.1) is 12.2 Å². The Morgan fingerprint density at radius 1 is 1.52 bits per heavy atom. The minimum atomic E-state index is -3.20. The Bertz CT molecular complexity index is 570. The van der Waals surface area contributed by atoms with Crippen LogP contribution >= 0.6 is 0 Å². The van der Waals surface area contributed by atoms with Crippen LogP contribution in [0.25, 0.3) is 0 Å². The number of alkyl halides is 4. The lowest BCUT2D eigenvalue weighted by Crippen LogP contribution is -2.30. The van der Waals surface area contributed by atoms with Crippen LogP contribution in [0.2, 0.25) is 0 Å². The van der Waals surface area contributed by atoms with E-state index in [0.29, 0.717) is 12.0 Å². The van der Waals surface area contributed by atoms with Crippen LogP contribution in [0.15, 0.2) is 34.1 Å². The fourth-order valence-electron chi connectivity index (χ4n) is 3.16. The van der Waals surface area contributed by atoms with Crippen molar-refractivity contribution in [1.82, 2.24) is 0 Å². The lowest BCUT2D eigenvalue weighted by Gasteiger charge is -2.19. The van der Waals surface area contributed by atoms with E-state index in [2.05, 4.69) is 17.3 Å². The molecule has 6 heteroatoms. The maximum Gasteiger partial charge on any atom is 0.293 e. The number of fused-ring (bicyclic) bond motifs is 1. The zero-order valence-electron chi connectivity index (χ0n) is 12.0. The maximum absolute atomic E-state index is 14.4. The number of allylic oxidation sites excluding steroid dienone is 2. The Kier molecular flexibility index (Phi) is 3.79. The third-order valence-electron chi connectivity index (χ3n) is 4.49. The second-order valence-electron chi connectivity index (χ2n) is 5.64. The predicted octanol–water partition coefficient (Wildman–Crippen LogP) is 3.70. The first-order valence-electron chi connectivity index (χ1n) is 6.79. The minimum absolute atomic E-state index is 0.0407. The van der Waals surface area contributed by atoms with E-state index in [0.717, 1.165) is 0 Å². The molecule has 0 spiro atoms. The first-order valence-corrected chi connectivity index (χ1v) is 6.79. The van der Waals surface area contributed by atoms with Crippen LogP contribution in [-0.2, 0) is 0 Å². The van der Waals surface area contributed by atoms with Crippen molar-refractivity contribution in [3.05, 3.63) is 29.2 Å². The zero-order chi connectivity index (χ0) is 16.0. The molecule has 1 unspecified atom stereocenters. The molecule has 2 rings (SSSR count). The van der Waals surface area contributed by atoms with Gasteiger partial charge in [0, 0.05) is 16.9 Å². The number of hydrogen-bond acceptors (Lipinski definition) is 2. The highest BCUT2D eigenvalue weighted by atomic mass is 19.3. The van der Waals surface area contributed by atoms with Crippen LogP contribution in [0.5, 0.6) is 0 Å². The van der Waals surface area contributed by atoms with Gasteiger partial charge >= 0.3 is 0 Å². The Morgan fingerprint density at radius 2 is 2.14 bits per heavy atom. The lowest BCUT2D eigenvalue weighted by molar-refractivity contribution is 0.0522. The molecule has 2 N–H and O–H groups in total. The van der Waals surface area contributed by atoms with Gasteiger partial charge in [0.15, 0.2) is 0 Å². The molecule has 21 heavy (non-hydrogen) atoms. The lowest BCUT2D eigenvalue weighted by atomic mass is 9.91. The van der Waals surface area contributed by atoms with Gasteiger partial charge in [0.25, 0.3) is 12.3 Å². The molecular formula is C15H18F4N2. The van der Waals surface area contributed by atoms with E-state index in [1.807, 2.05) is 0 Å². The summed E-state index contributed by atoms with van der Waals surface area (Å²) in [6.45, 7) is 6.72. The molecule has 2 fully saturated rings. The average Bonchev–Trinajstić information content (AvgIpc) is 3.14. The average molecular weight is 302 g/mol. The smallest absolute Gasteiger partial charge is 0.293 e. The molecule has 0 amide bonds. The van der Waals surface area contributed by atoms with E-state index in [1.54, 1.807) is 13.8 Å². The molecule has 0 aliphatic heterocycles. The summed E-state index contributed by atoms with van der Waals surface area (Å²) in [6, 6.07) is 0. The zero-order valence-corrected chi connectivity index (χ0v) is 12.0. The molecule has 2 aliphatic carbocycles. The van der Waals surface area contributed by atoms with E-state index in [4.69, 9.17) is 5.73 Å². The van der Waals surface area contributed by atoms with Crippen molar-refractivity contribution in [3.63, 3.8) is 0 Å². The van der Waals surface area contributed by atoms with E-state index in [-0.39, 0.29) is 18.5 Å². The number of nitrogens with two attached hydrogens (primary N) is 1. The third-order valence-corrected chi connectivity index (χ3v) is 4.49. The van der Waals surface area contributed by atoms with Gasteiger partial charge in [-0.25, -0.2) is 8.78 Å². The van der Waals surface area contributed by atoms with E-state index in [1.165, 1.54) is 0 Å². The topological polar surface area (TPSA) is 38.4 Å². The number of nitrogens with zero attached hydrogens (tertiary/aromatic N) is 1. The number of hydrogen-bond donors (Lipinski definition) is 1. The predicted molar refractivity (Wildman–Crippen MR) is 73.6 cm³/mol. The van der Waals surface area contributed by atoms with Crippen molar-refractivity contribution in [3.8, 4) is 0 Å². The molecule has 0 radical (unpaired) electrons. The summed E-state index contributed by atoms with van der Waals surface area (Å²) in [5.41, 5.74) is 6.14. The SMILES string of the molecule is C=C=C(C)CN=C1/C(=C(\N)C(F)F)C2(CC)C[C@H]2C1(F)F. The van der Waals surface area contributed by atoms with E-state index >= 15 is 0 Å². The quantitative estimate of drug-likeness (QED) is 0.624. The highest BCUT2D eigenvalue weighted by Crippen LogP contribution is 2.72. The molecule has 0 saturated heterocycles. The van der Waals surface area contributed by atoms with Crippen molar-refractivity contribution in [1.29, 1.82) is 0 Å². The molecule has 2 atom stereocenters. The summed E-state index contributed by atoms with van der Waals surface area (Å²) in [4.78, 5) is 3.86. The first kappa shape index (κ1) is 15.8. The molecule has 0 aromatic carbocycles. The van der Waals surface area contributed by atoms with Gasteiger partial charge in [-0.3, -0.25) is 4.99 Å². The minimum Gasteiger partial charge on any atom is -0.397 e. The highest BCUT2D eigenvalue weighted by molar-refractivity contribution is 6.11. The van der Waals surface area contributed by atoms with Crippen molar-refractivity contribution in [2.24, 2.45) is 22.1 Å². The van der Waals surface area contributed by atoms with Crippen LogP contribution in [0.1, 0.15) is 26.7 Å². The summed E-state index contributed by atoms with van der Waals surface area (Å²) >= 11 is 0. The molecule has 0 bridgehead atoms. The molecule has 0 aromatic rings. The fraction of sp³-hybridized carbons (Fsp3) is 0.600. The summed E-state index contributed by atoms with van der Waals surface area (Å²) in [5, 5.41) is 0. The molecule has 0 aromatic heterocycles. The monoisotopic (exact) mass is 302 g/mol. The van der Waals surface area contributed by atoms with Gasteiger partial charge < -0.3 is 5.73 Å². The molecule has 116 valence electrons. The number of halogens is 4. The van der Waals surface area contributed by atoms with Crippen molar-refractivity contribution in [2.45, 2.75) is 39.0 Å². The first-order chi connectivity index (χ1) is 9.72. The van der Waals surface area contributed by atoms with Gasteiger partial charge in [-0.1, -0.05) is 13.5 Å². The fourth-order valence-corrected chi connectivity index (χ4v) is 3.16. The van der Waals surface area contributed by atoms with Gasteiger partial charge in [0.1, 0.15) is 5.71 Å². The summed E-state index contributed by atoms with van der Waals surface area (Å²) in [7, 11) is 0. The van der Waals surface area contributed by atoms with Crippen LogP contribution < -0.4 is 5.73 Å². The maximum atomic E-state index is 14.4. The summed E-state index contributed by atoms with van der Waals surface area (Å²) < 4.78 is 54.7. The molecule has 0 heterocycles. The summed E-state index contributed by atoms with van der Waals surface area (Å²) in [5.74, 6) is -4.17. The molecule has 2 aliphatic rings. The second-order valence-corrected chi connectivity index (χ2v) is 5.64. The normalized spacial score (nSPS) is 33.9. The Morgan fingerprint density at radius 3 is 2.62 bits per heavy atom. The van der Waals surface area contributed by atoms with Gasteiger partial charge in [-0.2, -0.15) is 8.78 Å². The number of aliphatic imine (C=N–C) groups is 1. The standard InChI is InChI=1S/C15H18F4N2/c1-4-8(3)7-21-12-10(11(20)13(16)17)14(5-2)6-9(14)15(12,18)19/h9,13H,1,5-7,20H2,2-3H3/b11-10+,21-12?/t9-,14?/m1/s1. The second kappa shape index (κ2) is 5.02. The van der Waals surface area contributed by atoms with E-state index < -0.39 is 35.1 Å². The molecule has 2 nitrogen and oxygen atoms in total. The molecule has 2 saturated carbocycles. The van der Waals surface area contributed by atoms with Gasteiger partial charge in [-0.15, -0.1) is 5.73 Å². The van der Waals surface area contributed by atoms with Crippen molar-refractivity contribution in [2.75, 3.05) is 6.54 Å². The third kappa shape index (κ3) is 2.22. The Hall–Kier alpha value is -1.55. The van der Waals surface area contributed by atoms with Crippen LogP contribution in [0.3, 0.4) is 0 Å². The van der Waals surface area contributed by atoms with E-state index in [9.17, 15) is 17.6 Å². The number of rotatable bonds is 4. The van der Waals surface area contributed by atoms with Crippen molar-refractivity contribution >= 4 is 5.71 Å². The van der Waals surface area contributed by atoms with Crippen LogP contribution in [0, 0.1) is 11.3 Å². The Balaban J connectivity index is 2.55. The van der Waals surface area contributed by atoms with Gasteiger partial charge in [-0.05, 0) is 25.3 Å². The van der Waals surface area contributed by atoms with Crippen LogP contribution in [-0.4, -0.2) is 24.6 Å². The molecular weight excluding hydrogens is 284 g/mol.